The van der Waals surface area contributed by atoms with Crippen molar-refractivity contribution in [3.05, 3.63) is 71.2 Å². The number of aliphatic hydroxyl groups excluding tert-OH is 1. The Morgan fingerprint density at radius 3 is 2.74 bits per heavy atom. The first-order valence-electron chi connectivity index (χ1n) is 7.95. The summed E-state index contributed by atoms with van der Waals surface area (Å²) in [7, 11) is 0. The lowest BCUT2D eigenvalue weighted by atomic mass is 10.0. The molecule has 0 radical (unpaired) electrons. The van der Waals surface area contributed by atoms with Crippen molar-refractivity contribution < 1.29 is 9.50 Å². The van der Waals surface area contributed by atoms with Gasteiger partial charge in [0.15, 0.2) is 0 Å². The molecule has 118 valence electrons. The van der Waals surface area contributed by atoms with Gasteiger partial charge in [0.05, 0.1) is 6.10 Å². The number of aromatic amines is 1. The third kappa shape index (κ3) is 2.76. The summed E-state index contributed by atoms with van der Waals surface area (Å²) in [4.78, 5) is 5.74. The number of β-amino-alcohol motifs (C(OH)–C–C–N with tert-alkyl or cyclic N) is 1. The van der Waals surface area contributed by atoms with E-state index in [0.717, 1.165) is 25.1 Å². The lowest BCUT2D eigenvalue weighted by Gasteiger charge is -2.29. The van der Waals surface area contributed by atoms with Crippen molar-refractivity contribution in [3.8, 4) is 0 Å². The van der Waals surface area contributed by atoms with Crippen LogP contribution in [0.3, 0.4) is 0 Å². The van der Waals surface area contributed by atoms with Gasteiger partial charge in [-0.05, 0) is 35.7 Å². The number of hydrogen-bond donors (Lipinski definition) is 2. The average Bonchev–Trinajstić information content (AvgIpc) is 2.93. The number of aliphatic hydroxyl groups is 1. The van der Waals surface area contributed by atoms with Crippen LogP contribution in [0.4, 0.5) is 4.39 Å². The first-order valence-corrected chi connectivity index (χ1v) is 7.95. The molecule has 0 fully saturated rings. The third-order valence-electron chi connectivity index (χ3n) is 4.65. The van der Waals surface area contributed by atoms with E-state index in [1.807, 2.05) is 6.07 Å². The normalized spacial score (nSPS) is 16.4. The number of halogens is 1. The highest BCUT2D eigenvalue weighted by Gasteiger charge is 2.22. The first-order chi connectivity index (χ1) is 11.2. The molecule has 4 rings (SSSR count). The summed E-state index contributed by atoms with van der Waals surface area (Å²) >= 11 is 0. The van der Waals surface area contributed by atoms with E-state index in [0.29, 0.717) is 6.54 Å². The minimum Gasteiger partial charge on any atom is -0.387 e. The lowest BCUT2D eigenvalue weighted by molar-refractivity contribution is 0.105. The molecule has 0 amide bonds. The summed E-state index contributed by atoms with van der Waals surface area (Å²) in [6.45, 7) is 2.29. The fraction of sp³-hybridized carbons (Fsp3) is 0.263. The van der Waals surface area contributed by atoms with Gasteiger partial charge in [-0.25, -0.2) is 4.39 Å². The van der Waals surface area contributed by atoms with E-state index >= 15 is 0 Å². The summed E-state index contributed by atoms with van der Waals surface area (Å²) in [5, 5.41) is 11.7. The van der Waals surface area contributed by atoms with Crippen molar-refractivity contribution in [2.45, 2.75) is 19.1 Å². The number of fused-ring (bicyclic) bond motifs is 3. The van der Waals surface area contributed by atoms with Gasteiger partial charge in [0, 0.05) is 36.2 Å². The predicted molar refractivity (Wildman–Crippen MR) is 88.6 cm³/mol. The first kappa shape index (κ1) is 14.4. The van der Waals surface area contributed by atoms with Crippen LogP contribution >= 0.6 is 0 Å². The van der Waals surface area contributed by atoms with Gasteiger partial charge in [0.1, 0.15) is 5.82 Å². The van der Waals surface area contributed by atoms with Crippen LogP contribution in [0, 0.1) is 5.82 Å². The molecule has 3 aromatic rings. The van der Waals surface area contributed by atoms with E-state index in [1.165, 1.54) is 34.3 Å². The number of rotatable bonds is 3. The molecule has 2 N–H and O–H groups in total. The molecule has 0 bridgehead atoms. The zero-order valence-electron chi connectivity index (χ0n) is 12.8. The molecule has 1 aromatic heterocycles. The quantitative estimate of drug-likeness (QED) is 0.778. The monoisotopic (exact) mass is 310 g/mol. The van der Waals surface area contributed by atoms with Crippen LogP contribution in [0.1, 0.15) is 22.9 Å². The number of aromatic nitrogens is 1. The fourth-order valence-electron chi connectivity index (χ4n) is 3.44. The van der Waals surface area contributed by atoms with Crippen LogP contribution in [0.5, 0.6) is 0 Å². The summed E-state index contributed by atoms with van der Waals surface area (Å²) in [5.74, 6) is -0.276. The van der Waals surface area contributed by atoms with Crippen molar-refractivity contribution >= 4 is 10.9 Å². The molecule has 0 aliphatic carbocycles. The van der Waals surface area contributed by atoms with Crippen molar-refractivity contribution in [2.75, 3.05) is 13.1 Å². The third-order valence-corrected chi connectivity index (χ3v) is 4.65. The molecule has 2 heterocycles. The number of benzene rings is 2. The fourth-order valence-corrected chi connectivity index (χ4v) is 3.44. The summed E-state index contributed by atoms with van der Waals surface area (Å²) in [6, 6.07) is 14.5. The largest absolute Gasteiger partial charge is 0.387 e. The summed E-state index contributed by atoms with van der Waals surface area (Å²) in [6.07, 6.45) is 0.386. The molecule has 4 heteroatoms. The van der Waals surface area contributed by atoms with Crippen molar-refractivity contribution in [1.29, 1.82) is 0 Å². The van der Waals surface area contributed by atoms with Crippen molar-refractivity contribution in [3.63, 3.8) is 0 Å². The molecule has 1 aliphatic rings. The van der Waals surface area contributed by atoms with Crippen molar-refractivity contribution in [1.82, 2.24) is 9.88 Å². The van der Waals surface area contributed by atoms with Gasteiger partial charge in [0.25, 0.3) is 0 Å². The van der Waals surface area contributed by atoms with E-state index in [4.69, 9.17) is 0 Å². The summed E-state index contributed by atoms with van der Waals surface area (Å²) < 4.78 is 13.0. The topological polar surface area (TPSA) is 39.3 Å². The second kappa shape index (κ2) is 5.80. The number of para-hydroxylation sites is 1. The maximum absolute atomic E-state index is 13.0. The Morgan fingerprint density at radius 2 is 1.91 bits per heavy atom. The van der Waals surface area contributed by atoms with Gasteiger partial charge in [-0.2, -0.15) is 0 Å². The van der Waals surface area contributed by atoms with E-state index in [2.05, 4.69) is 28.1 Å². The highest BCUT2D eigenvalue weighted by Crippen LogP contribution is 2.28. The van der Waals surface area contributed by atoms with Gasteiger partial charge >= 0.3 is 0 Å². The molecule has 23 heavy (non-hydrogen) atoms. The molecule has 1 atom stereocenters. The Balaban J connectivity index is 1.50. The molecule has 1 aliphatic heterocycles. The van der Waals surface area contributed by atoms with Crippen LogP contribution in [-0.4, -0.2) is 28.1 Å². The molecule has 0 saturated carbocycles. The Bertz CT molecular complexity index is 825. The maximum Gasteiger partial charge on any atom is 0.123 e. The lowest BCUT2D eigenvalue weighted by Crippen LogP contribution is -2.33. The number of H-pyrrole nitrogens is 1. The zero-order valence-corrected chi connectivity index (χ0v) is 12.8. The molecular formula is C19H19FN2O. The van der Waals surface area contributed by atoms with Crippen molar-refractivity contribution in [2.24, 2.45) is 0 Å². The van der Waals surface area contributed by atoms with Gasteiger partial charge < -0.3 is 10.1 Å². The van der Waals surface area contributed by atoms with Crippen LogP contribution < -0.4 is 0 Å². The molecule has 2 aromatic carbocycles. The number of hydrogen-bond acceptors (Lipinski definition) is 2. The second-order valence-electron chi connectivity index (χ2n) is 6.18. The molecule has 0 saturated heterocycles. The standard InChI is InChI=1S/C19H19FN2O/c20-14-7-5-13(6-8-14)19(23)12-22-10-9-16-15-3-1-2-4-17(15)21-18(16)11-22/h1-8,19,21,23H,9-12H2. The van der Waals surface area contributed by atoms with Gasteiger partial charge in [0.2, 0.25) is 0 Å². The zero-order chi connectivity index (χ0) is 15.8. The second-order valence-corrected chi connectivity index (χ2v) is 6.18. The molecular weight excluding hydrogens is 291 g/mol. The summed E-state index contributed by atoms with van der Waals surface area (Å²) in [5.41, 5.74) is 4.57. The predicted octanol–water partition coefficient (Wildman–Crippen LogP) is 3.40. The highest BCUT2D eigenvalue weighted by molar-refractivity contribution is 5.84. The Labute approximate surface area is 134 Å². The average molecular weight is 310 g/mol. The Kier molecular flexibility index (Phi) is 3.63. The number of nitrogens with zero attached hydrogens (tertiary/aromatic N) is 1. The van der Waals surface area contributed by atoms with E-state index in [9.17, 15) is 9.50 Å². The van der Waals surface area contributed by atoms with E-state index < -0.39 is 6.10 Å². The van der Waals surface area contributed by atoms with Crippen LogP contribution in [-0.2, 0) is 13.0 Å². The maximum atomic E-state index is 13.0. The van der Waals surface area contributed by atoms with Gasteiger partial charge in [-0.3, -0.25) is 4.90 Å². The van der Waals surface area contributed by atoms with Crippen LogP contribution in [0.25, 0.3) is 10.9 Å². The smallest absolute Gasteiger partial charge is 0.123 e. The SMILES string of the molecule is OC(CN1CCc2c([nH]c3ccccc23)C1)c1ccc(F)cc1. The molecule has 1 unspecified atom stereocenters. The van der Waals surface area contributed by atoms with E-state index in [1.54, 1.807) is 12.1 Å². The van der Waals surface area contributed by atoms with Gasteiger partial charge in [-0.1, -0.05) is 30.3 Å². The minimum absolute atomic E-state index is 0.276. The van der Waals surface area contributed by atoms with Crippen LogP contribution in [0.2, 0.25) is 0 Å². The highest BCUT2D eigenvalue weighted by atomic mass is 19.1. The van der Waals surface area contributed by atoms with Crippen LogP contribution in [0.15, 0.2) is 48.5 Å². The molecule has 0 spiro atoms. The van der Waals surface area contributed by atoms with E-state index in [-0.39, 0.29) is 5.82 Å². The minimum atomic E-state index is -0.596. The molecule has 3 nitrogen and oxygen atoms in total. The van der Waals surface area contributed by atoms with Gasteiger partial charge in [-0.15, -0.1) is 0 Å². The Morgan fingerprint density at radius 1 is 1.13 bits per heavy atom. The number of nitrogens with one attached hydrogen (secondary N) is 1. The Hall–Kier alpha value is -2.17.